The third-order valence-electron chi connectivity index (χ3n) is 4.73. The van der Waals surface area contributed by atoms with Crippen molar-refractivity contribution < 1.29 is 31.1 Å². The Bertz CT molecular complexity index is 972. The number of carbonyl (C=O) groups excluding carboxylic acids is 1. The van der Waals surface area contributed by atoms with Crippen LogP contribution in [0.5, 0.6) is 0 Å². The Morgan fingerprint density at radius 2 is 1.71 bits per heavy atom. The van der Waals surface area contributed by atoms with Gasteiger partial charge in [-0.25, -0.2) is 0 Å². The Balaban J connectivity index is 1.86. The number of anilines is 2. The van der Waals surface area contributed by atoms with Gasteiger partial charge >= 0.3 is 12.4 Å². The van der Waals surface area contributed by atoms with Gasteiger partial charge in [0.2, 0.25) is 5.91 Å². The van der Waals surface area contributed by atoms with Crippen LogP contribution in [-0.4, -0.2) is 22.2 Å². The van der Waals surface area contributed by atoms with Gasteiger partial charge in [-0.3, -0.25) is 9.48 Å². The number of halogens is 6. The first-order valence-corrected chi connectivity index (χ1v) is 9.53. The number of carbonyl (C=O) groups is 1. The van der Waals surface area contributed by atoms with Gasteiger partial charge in [0.25, 0.3) is 0 Å². The first-order valence-electron chi connectivity index (χ1n) is 9.53. The molecule has 1 aromatic heterocycles. The van der Waals surface area contributed by atoms with Gasteiger partial charge in [0.15, 0.2) is 5.69 Å². The molecular weight excluding hydrogens is 426 g/mol. The van der Waals surface area contributed by atoms with Gasteiger partial charge in [0.1, 0.15) is 0 Å². The average molecular weight is 448 g/mol. The molecule has 1 amide bonds. The van der Waals surface area contributed by atoms with E-state index in [1.54, 1.807) is 25.7 Å². The highest BCUT2D eigenvalue weighted by Crippen LogP contribution is 2.38. The van der Waals surface area contributed by atoms with Gasteiger partial charge in [-0.05, 0) is 29.7 Å². The number of nitrogens with zero attached hydrogens (tertiary/aromatic N) is 3. The van der Waals surface area contributed by atoms with Crippen LogP contribution < -0.4 is 10.2 Å². The van der Waals surface area contributed by atoms with Crippen LogP contribution in [0.2, 0.25) is 0 Å². The van der Waals surface area contributed by atoms with Gasteiger partial charge in [-0.15, -0.1) is 0 Å². The van der Waals surface area contributed by atoms with Crippen molar-refractivity contribution in [2.45, 2.75) is 52.6 Å². The third-order valence-corrected chi connectivity index (χ3v) is 4.73. The van der Waals surface area contributed by atoms with Crippen molar-refractivity contribution in [3.05, 3.63) is 41.2 Å². The van der Waals surface area contributed by atoms with Crippen LogP contribution in [0.4, 0.5) is 37.7 Å². The average Bonchev–Trinajstić information content (AvgIpc) is 3.03. The summed E-state index contributed by atoms with van der Waals surface area (Å²) in [4.78, 5) is 13.7. The molecule has 0 saturated heterocycles. The number of aromatic nitrogens is 2. The number of nitrogens with one attached hydrogen (secondary N) is 1. The molecule has 1 aromatic carbocycles. The van der Waals surface area contributed by atoms with E-state index in [1.807, 2.05) is 0 Å². The molecule has 3 rings (SSSR count). The van der Waals surface area contributed by atoms with E-state index in [2.05, 4.69) is 10.4 Å². The monoisotopic (exact) mass is 448 g/mol. The Kier molecular flexibility index (Phi) is 5.74. The molecule has 0 atom stereocenters. The summed E-state index contributed by atoms with van der Waals surface area (Å²) in [6.45, 7) is 5.68. The number of benzene rings is 1. The smallest absolute Gasteiger partial charge is 0.364 e. The number of hydrogen-bond acceptors (Lipinski definition) is 3. The van der Waals surface area contributed by atoms with Crippen molar-refractivity contribution in [3.63, 3.8) is 0 Å². The molecule has 1 N–H and O–H groups in total. The lowest BCUT2D eigenvalue weighted by Gasteiger charge is -2.30. The summed E-state index contributed by atoms with van der Waals surface area (Å²) in [6.07, 6.45) is -9.27. The molecule has 5 nitrogen and oxygen atoms in total. The minimum Gasteiger partial charge on any atom is -0.364 e. The van der Waals surface area contributed by atoms with E-state index in [4.69, 9.17) is 0 Å². The molecule has 0 spiro atoms. The van der Waals surface area contributed by atoms with Crippen molar-refractivity contribution in [1.29, 1.82) is 0 Å². The van der Waals surface area contributed by atoms with Crippen LogP contribution in [0.15, 0.2) is 24.3 Å². The molecule has 0 bridgehead atoms. The fourth-order valence-electron chi connectivity index (χ4n) is 3.37. The molecule has 31 heavy (non-hydrogen) atoms. The maximum absolute atomic E-state index is 13.6. The topological polar surface area (TPSA) is 50.2 Å². The summed E-state index contributed by atoms with van der Waals surface area (Å²) in [5.41, 5.74) is -2.34. The highest BCUT2D eigenvalue weighted by atomic mass is 19.4. The van der Waals surface area contributed by atoms with E-state index in [0.29, 0.717) is 0 Å². The van der Waals surface area contributed by atoms with E-state index in [1.165, 1.54) is 16.8 Å². The van der Waals surface area contributed by atoms with E-state index in [0.717, 1.165) is 12.1 Å². The number of alkyl halides is 6. The predicted molar refractivity (Wildman–Crippen MR) is 102 cm³/mol. The number of hydrogen-bond donors (Lipinski definition) is 1. The van der Waals surface area contributed by atoms with E-state index < -0.39 is 34.9 Å². The summed E-state index contributed by atoms with van der Waals surface area (Å²) in [7, 11) is 0. The second-order valence-electron chi connectivity index (χ2n) is 8.68. The quantitative estimate of drug-likeness (QED) is 0.647. The molecule has 0 radical (unpaired) electrons. The molecule has 0 aliphatic carbocycles. The lowest BCUT2D eigenvalue weighted by molar-refractivity contribution is -0.141. The minimum absolute atomic E-state index is 0.0178. The maximum Gasteiger partial charge on any atom is 0.435 e. The molecule has 0 saturated carbocycles. The lowest BCUT2D eigenvalue weighted by atomic mass is 9.92. The highest BCUT2D eigenvalue weighted by Gasteiger charge is 2.37. The zero-order valence-corrected chi connectivity index (χ0v) is 17.2. The van der Waals surface area contributed by atoms with Crippen molar-refractivity contribution in [3.8, 4) is 0 Å². The molecule has 0 fully saturated rings. The Hall–Kier alpha value is -2.72. The van der Waals surface area contributed by atoms with E-state index >= 15 is 0 Å². The van der Waals surface area contributed by atoms with Crippen molar-refractivity contribution in [1.82, 2.24) is 9.78 Å². The summed E-state index contributed by atoms with van der Waals surface area (Å²) >= 11 is 0. The minimum atomic E-state index is -4.72. The predicted octanol–water partition coefficient (Wildman–Crippen LogP) is 5.32. The largest absolute Gasteiger partial charge is 0.435 e. The van der Waals surface area contributed by atoms with Gasteiger partial charge in [-0.1, -0.05) is 20.8 Å². The summed E-state index contributed by atoms with van der Waals surface area (Å²) < 4.78 is 80.8. The molecule has 2 aromatic rings. The van der Waals surface area contributed by atoms with Crippen LogP contribution in [0, 0.1) is 5.41 Å². The fourth-order valence-corrected chi connectivity index (χ4v) is 3.37. The van der Waals surface area contributed by atoms with Crippen LogP contribution in [0.3, 0.4) is 0 Å². The van der Waals surface area contributed by atoms with Gasteiger partial charge in [0, 0.05) is 18.7 Å². The summed E-state index contributed by atoms with van der Waals surface area (Å²) in [5, 5.41) is 5.84. The SMILES string of the molecule is CC(C)(C)CC(=O)Nc1ccc(N2CCn3nc(C(F)(F)F)cc3C2)cc1C(F)(F)F. The van der Waals surface area contributed by atoms with E-state index in [-0.39, 0.29) is 43.1 Å². The van der Waals surface area contributed by atoms with Crippen LogP contribution in [-0.2, 0) is 30.2 Å². The van der Waals surface area contributed by atoms with Gasteiger partial charge in [0.05, 0.1) is 30.0 Å². The zero-order chi connectivity index (χ0) is 23.2. The second kappa shape index (κ2) is 7.76. The Morgan fingerprint density at radius 3 is 2.29 bits per heavy atom. The number of amides is 1. The van der Waals surface area contributed by atoms with Crippen LogP contribution in [0.25, 0.3) is 0 Å². The standard InChI is InChI=1S/C20H22F6N4O/c1-18(2,3)10-17(31)27-15-5-4-12(8-14(15)19(21,22)23)29-6-7-30-13(11-29)9-16(28-30)20(24,25)26/h4-5,8-9H,6-7,10-11H2,1-3H3,(H,27,31). The highest BCUT2D eigenvalue weighted by molar-refractivity contribution is 5.92. The van der Waals surface area contributed by atoms with E-state index in [9.17, 15) is 31.1 Å². The Labute approximate surface area is 175 Å². The first kappa shape index (κ1) is 23.0. The van der Waals surface area contributed by atoms with Gasteiger partial charge in [-0.2, -0.15) is 31.4 Å². The third kappa shape index (κ3) is 5.50. The van der Waals surface area contributed by atoms with Crippen molar-refractivity contribution >= 4 is 17.3 Å². The normalized spacial score (nSPS) is 15.1. The molecule has 0 unspecified atom stereocenters. The lowest BCUT2D eigenvalue weighted by Crippen LogP contribution is -2.34. The fraction of sp³-hybridized carbons (Fsp3) is 0.500. The van der Waals surface area contributed by atoms with Crippen LogP contribution in [0.1, 0.15) is 44.1 Å². The molecular formula is C20H22F6N4O. The second-order valence-corrected chi connectivity index (χ2v) is 8.68. The first-order chi connectivity index (χ1) is 14.1. The molecule has 170 valence electrons. The van der Waals surface area contributed by atoms with Gasteiger partial charge < -0.3 is 10.2 Å². The molecule has 11 heteroatoms. The van der Waals surface area contributed by atoms with Crippen molar-refractivity contribution in [2.75, 3.05) is 16.8 Å². The van der Waals surface area contributed by atoms with Crippen molar-refractivity contribution in [2.24, 2.45) is 5.41 Å². The molecule has 1 aliphatic rings. The number of fused-ring (bicyclic) bond motifs is 1. The number of rotatable bonds is 3. The summed E-state index contributed by atoms with van der Waals surface area (Å²) in [5.74, 6) is -0.535. The summed E-state index contributed by atoms with van der Waals surface area (Å²) in [6, 6.07) is 4.39. The van der Waals surface area contributed by atoms with Crippen LogP contribution >= 0.6 is 0 Å². The Morgan fingerprint density at radius 1 is 1.03 bits per heavy atom. The zero-order valence-electron chi connectivity index (χ0n) is 17.2. The maximum atomic E-state index is 13.6. The molecule has 1 aliphatic heterocycles. The molecule has 2 heterocycles.